The van der Waals surface area contributed by atoms with Gasteiger partial charge in [-0.05, 0) is 71.8 Å². The Labute approximate surface area is 289 Å². The molecule has 234 valence electrons. The molecule has 0 aliphatic rings. The molecule has 0 fully saturated rings. The van der Waals surface area contributed by atoms with Crippen LogP contribution in [0.5, 0.6) is 0 Å². The Morgan fingerprint density at radius 2 is 0.840 bits per heavy atom. The molecular formula is C45H29N5. The van der Waals surface area contributed by atoms with Gasteiger partial charge in [0, 0.05) is 39.2 Å². The molecule has 5 heteroatoms. The molecular weight excluding hydrogens is 611 g/mol. The average Bonchev–Trinajstić information content (AvgIpc) is 3.21. The minimum absolute atomic E-state index is 0.677. The van der Waals surface area contributed by atoms with Crippen LogP contribution in [0.25, 0.3) is 89.5 Å². The number of nitrogens with zero attached hydrogens (tertiary/aromatic N) is 5. The Kier molecular flexibility index (Phi) is 7.41. The number of hydrogen-bond acceptors (Lipinski definition) is 5. The highest BCUT2D eigenvalue weighted by Gasteiger charge is 2.13. The number of fused-ring (bicyclic) bond motifs is 2. The molecule has 9 rings (SSSR count). The van der Waals surface area contributed by atoms with Crippen LogP contribution < -0.4 is 0 Å². The molecule has 0 amide bonds. The summed E-state index contributed by atoms with van der Waals surface area (Å²) in [5.74, 6) is 0.677. The van der Waals surface area contributed by atoms with Gasteiger partial charge in [0.1, 0.15) is 0 Å². The number of hydrogen-bond donors (Lipinski definition) is 0. The summed E-state index contributed by atoms with van der Waals surface area (Å²) in [5, 5.41) is 2.17. The Morgan fingerprint density at radius 1 is 0.280 bits per heavy atom. The standard InChI is InChI=1S/C45H29N5/c1-3-10-30(11-4-1)43-29-44(31-12-5-2-6-13-31)50-45(49-43)37-15-9-14-34(28-37)38-23-19-35-26-32(17-21-39(35)47-38)33-18-22-40-36(27-33)20-24-42(48-40)41-16-7-8-25-46-41/h1-29H. The van der Waals surface area contributed by atoms with Gasteiger partial charge in [0.2, 0.25) is 0 Å². The first-order chi connectivity index (χ1) is 24.7. The highest BCUT2D eigenvalue weighted by molar-refractivity contribution is 5.90. The number of rotatable bonds is 6. The van der Waals surface area contributed by atoms with Crippen molar-refractivity contribution in [1.29, 1.82) is 0 Å². The molecule has 0 saturated carbocycles. The van der Waals surface area contributed by atoms with Gasteiger partial charge in [-0.15, -0.1) is 0 Å². The van der Waals surface area contributed by atoms with Gasteiger partial charge in [-0.3, -0.25) is 4.98 Å². The molecule has 4 aromatic heterocycles. The van der Waals surface area contributed by atoms with Crippen molar-refractivity contribution in [2.24, 2.45) is 0 Å². The zero-order chi connectivity index (χ0) is 33.3. The molecule has 0 radical (unpaired) electrons. The van der Waals surface area contributed by atoms with Crippen molar-refractivity contribution < 1.29 is 0 Å². The lowest BCUT2D eigenvalue weighted by Crippen LogP contribution is -1.96. The predicted octanol–water partition coefficient (Wildman–Crippen LogP) is 11.0. The van der Waals surface area contributed by atoms with Crippen LogP contribution in [-0.4, -0.2) is 24.9 Å². The molecule has 0 bridgehead atoms. The van der Waals surface area contributed by atoms with E-state index in [2.05, 4.69) is 108 Å². The lowest BCUT2D eigenvalue weighted by atomic mass is 10.0. The van der Waals surface area contributed by atoms with E-state index in [0.29, 0.717) is 5.82 Å². The Hall–Kier alpha value is -6.85. The third-order valence-electron chi connectivity index (χ3n) is 8.92. The van der Waals surface area contributed by atoms with Gasteiger partial charge in [0.15, 0.2) is 5.82 Å². The maximum absolute atomic E-state index is 5.08. The van der Waals surface area contributed by atoms with Gasteiger partial charge in [0.25, 0.3) is 0 Å². The zero-order valence-electron chi connectivity index (χ0n) is 27.0. The van der Waals surface area contributed by atoms with E-state index >= 15 is 0 Å². The van der Waals surface area contributed by atoms with Crippen LogP contribution in [0.15, 0.2) is 176 Å². The molecule has 4 heterocycles. The van der Waals surface area contributed by atoms with Crippen molar-refractivity contribution in [2.75, 3.05) is 0 Å². The molecule has 0 spiro atoms. The summed E-state index contributed by atoms with van der Waals surface area (Å²) < 4.78 is 0. The van der Waals surface area contributed by atoms with E-state index in [1.807, 2.05) is 66.7 Å². The van der Waals surface area contributed by atoms with Crippen LogP contribution in [0.1, 0.15) is 0 Å². The average molecular weight is 640 g/mol. The minimum atomic E-state index is 0.677. The third-order valence-corrected chi connectivity index (χ3v) is 8.92. The van der Waals surface area contributed by atoms with Crippen LogP contribution in [0.3, 0.4) is 0 Å². The second kappa shape index (κ2) is 12.6. The second-order valence-electron chi connectivity index (χ2n) is 12.2. The fraction of sp³-hybridized carbons (Fsp3) is 0. The first kappa shape index (κ1) is 29.3. The van der Waals surface area contributed by atoms with E-state index < -0.39 is 0 Å². The lowest BCUT2D eigenvalue weighted by molar-refractivity contribution is 1.18. The summed E-state index contributed by atoms with van der Waals surface area (Å²) in [7, 11) is 0. The van der Waals surface area contributed by atoms with Crippen LogP contribution in [0.4, 0.5) is 0 Å². The topological polar surface area (TPSA) is 64.5 Å². The van der Waals surface area contributed by atoms with Gasteiger partial charge in [-0.2, -0.15) is 0 Å². The summed E-state index contributed by atoms with van der Waals surface area (Å²) in [6, 6.07) is 58.0. The zero-order valence-corrected chi connectivity index (χ0v) is 27.0. The molecule has 0 unspecified atom stereocenters. The van der Waals surface area contributed by atoms with Crippen LogP contribution in [0, 0.1) is 0 Å². The maximum Gasteiger partial charge on any atom is 0.160 e. The largest absolute Gasteiger partial charge is 0.255 e. The molecule has 0 atom stereocenters. The molecule has 0 N–H and O–H groups in total. The highest BCUT2D eigenvalue weighted by atomic mass is 14.9. The monoisotopic (exact) mass is 639 g/mol. The second-order valence-corrected chi connectivity index (χ2v) is 12.2. The van der Waals surface area contributed by atoms with E-state index in [-0.39, 0.29) is 0 Å². The number of aromatic nitrogens is 5. The summed E-state index contributed by atoms with van der Waals surface area (Å²) in [6.45, 7) is 0. The van der Waals surface area contributed by atoms with Crippen molar-refractivity contribution in [3.63, 3.8) is 0 Å². The first-order valence-electron chi connectivity index (χ1n) is 16.6. The first-order valence-corrected chi connectivity index (χ1v) is 16.6. The number of pyridine rings is 3. The van der Waals surface area contributed by atoms with Crippen molar-refractivity contribution in [2.45, 2.75) is 0 Å². The number of benzene rings is 5. The predicted molar refractivity (Wildman–Crippen MR) is 203 cm³/mol. The van der Waals surface area contributed by atoms with Crippen molar-refractivity contribution in [3.05, 3.63) is 176 Å². The summed E-state index contributed by atoms with van der Waals surface area (Å²) in [4.78, 5) is 24.4. The Morgan fingerprint density at radius 3 is 1.46 bits per heavy atom. The van der Waals surface area contributed by atoms with E-state index in [1.165, 1.54) is 0 Å². The third kappa shape index (κ3) is 5.78. The summed E-state index contributed by atoms with van der Waals surface area (Å²) in [6.07, 6.45) is 1.79. The van der Waals surface area contributed by atoms with Gasteiger partial charge in [-0.1, -0.05) is 109 Å². The van der Waals surface area contributed by atoms with Gasteiger partial charge in [-0.25, -0.2) is 19.9 Å². The fourth-order valence-corrected chi connectivity index (χ4v) is 6.34. The lowest BCUT2D eigenvalue weighted by Gasteiger charge is -2.11. The van der Waals surface area contributed by atoms with Crippen LogP contribution >= 0.6 is 0 Å². The smallest absolute Gasteiger partial charge is 0.160 e. The van der Waals surface area contributed by atoms with E-state index in [9.17, 15) is 0 Å². The molecule has 0 saturated heterocycles. The quantitative estimate of drug-likeness (QED) is 0.181. The van der Waals surface area contributed by atoms with Crippen LogP contribution in [0.2, 0.25) is 0 Å². The van der Waals surface area contributed by atoms with E-state index in [1.54, 1.807) is 6.20 Å². The van der Waals surface area contributed by atoms with Gasteiger partial charge in [0.05, 0.1) is 39.5 Å². The Balaban J connectivity index is 1.03. The molecule has 0 aliphatic carbocycles. The normalized spacial score (nSPS) is 11.2. The summed E-state index contributed by atoms with van der Waals surface area (Å²) in [5.41, 5.74) is 12.6. The summed E-state index contributed by atoms with van der Waals surface area (Å²) >= 11 is 0. The van der Waals surface area contributed by atoms with Crippen molar-refractivity contribution in [1.82, 2.24) is 24.9 Å². The molecule has 9 aromatic rings. The minimum Gasteiger partial charge on any atom is -0.255 e. The molecule has 5 nitrogen and oxygen atoms in total. The molecule has 0 aliphatic heterocycles. The van der Waals surface area contributed by atoms with Crippen molar-refractivity contribution in [3.8, 4) is 67.7 Å². The van der Waals surface area contributed by atoms with Crippen LogP contribution in [-0.2, 0) is 0 Å². The Bertz CT molecular complexity index is 2580. The van der Waals surface area contributed by atoms with E-state index in [0.717, 1.165) is 83.7 Å². The molecule has 5 aromatic carbocycles. The van der Waals surface area contributed by atoms with Gasteiger partial charge >= 0.3 is 0 Å². The van der Waals surface area contributed by atoms with E-state index in [4.69, 9.17) is 19.9 Å². The SMILES string of the molecule is c1ccc(-c2cc(-c3ccccc3)nc(-c3cccc(-c4ccc5cc(-c6ccc7nc(-c8ccccn8)ccc7c6)ccc5n4)c3)n2)cc1. The highest BCUT2D eigenvalue weighted by Crippen LogP contribution is 2.32. The molecule has 50 heavy (non-hydrogen) atoms. The van der Waals surface area contributed by atoms with Crippen molar-refractivity contribution >= 4 is 21.8 Å². The fourth-order valence-electron chi connectivity index (χ4n) is 6.34. The van der Waals surface area contributed by atoms with Gasteiger partial charge < -0.3 is 0 Å². The maximum atomic E-state index is 5.08.